The van der Waals surface area contributed by atoms with Crippen LogP contribution in [0.25, 0.3) is 0 Å². The highest BCUT2D eigenvalue weighted by molar-refractivity contribution is 5.93. The molecule has 0 saturated carbocycles. The number of carbonyl (C=O) groups is 3. The van der Waals surface area contributed by atoms with E-state index in [1.165, 1.54) is 0 Å². The van der Waals surface area contributed by atoms with Crippen LogP contribution in [0, 0.1) is 11.6 Å². The lowest BCUT2D eigenvalue weighted by atomic mass is 9.85. The Kier molecular flexibility index (Phi) is 8.63. The number of nitrogens with one attached hydrogen (secondary N) is 2. The second kappa shape index (κ2) is 11.5. The normalized spacial score (nSPS) is 17.1. The SMILES string of the molecule is O=C(NCCN1CCC2(CC1)C(=O)NCN2c1ccccc1)c1ncc(F)cc1F.O=C(O)C(F)(F)F. The number of carboxylic acid groups (broad SMARTS) is 1. The lowest BCUT2D eigenvalue weighted by Crippen LogP contribution is -2.57. The van der Waals surface area contributed by atoms with E-state index in [9.17, 15) is 31.5 Å². The van der Waals surface area contributed by atoms with Crippen LogP contribution in [0.3, 0.4) is 0 Å². The number of carboxylic acids is 1. The number of alkyl halides is 3. The molecule has 0 aliphatic carbocycles. The number of anilines is 1. The fourth-order valence-corrected chi connectivity index (χ4v) is 4.17. The van der Waals surface area contributed by atoms with Crippen molar-refractivity contribution >= 4 is 23.5 Å². The summed E-state index contributed by atoms with van der Waals surface area (Å²) in [6.45, 7) is 2.78. The highest BCUT2D eigenvalue weighted by atomic mass is 19.4. The van der Waals surface area contributed by atoms with Crippen molar-refractivity contribution in [1.82, 2.24) is 20.5 Å². The van der Waals surface area contributed by atoms with Gasteiger partial charge in [-0.25, -0.2) is 18.6 Å². The topological polar surface area (TPSA) is 115 Å². The number of pyridine rings is 1. The summed E-state index contributed by atoms with van der Waals surface area (Å²) in [4.78, 5) is 41.4. The molecular weight excluding hydrogens is 505 g/mol. The van der Waals surface area contributed by atoms with Crippen LogP contribution < -0.4 is 15.5 Å². The molecule has 3 N–H and O–H groups in total. The Morgan fingerprint density at radius 2 is 1.76 bits per heavy atom. The number of hydrogen-bond acceptors (Lipinski definition) is 6. The van der Waals surface area contributed by atoms with Crippen molar-refractivity contribution in [3.8, 4) is 0 Å². The van der Waals surface area contributed by atoms with Crippen LogP contribution in [0.15, 0.2) is 42.6 Å². The first kappa shape index (κ1) is 27.8. The van der Waals surface area contributed by atoms with E-state index in [1.807, 2.05) is 30.3 Å². The molecule has 2 amide bonds. The van der Waals surface area contributed by atoms with Crippen LogP contribution in [0.1, 0.15) is 23.3 Å². The summed E-state index contributed by atoms with van der Waals surface area (Å²) in [6, 6.07) is 10.5. The minimum atomic E-state index is -5.08. The molecule has 0 atom stereocenters. The molecule has 4 rings (SSSR count). The first-order valence-corrected chi connectivity index (χ1v) is 11.2. The molecule has 1 spiro atoms. The predicted octanol–water partition coefficient (Wildman–Crippen LogP) is 2.15. The fourth-order valence-electron chi connectivity index (χ4n) is 4.17. The summed E-state index contributed by atoms with van der Waals surface area (Å²) >= 11 is 0. The Labute approximate surface area is 208 Å². The molecule has 2 saturated heterocycles. The van der Waals surface area contributed by atoms with Gasteiger partial charge in [0.25, 0.3) is 5.91 Å². The maximum Gasteiger partial charge on any atom is 0.490 e. The third-order valence-corrected chi connectivity index (χ3v) is 6.07. The van der Waals surface area contributed by atoms with Gasteiger partial charge in [-0.05, 0) is 25.0 Å². The zero-order valence-corrected chi connectivity index (χ0v) is 19.4. The summed E-state index contributed by atoms with van der Waals surface area (Å²) in [5.41, 5.74) is 0.0444. The van der Waals surface area contributed by atoms with Gasteiger partial charge in [-0.2, -0.15) is 13.2 Å². The minimum Gasteiger partial charge on any atom is -0.475 e. The lowest BCUT2D eigenvalue weighted by Gasteiger charge is -2.43. The smallest absolute Gasteiger partial charge is 0.475 e. The molecule has 2 aliphatic heterocycles. The molecule has 1 aromatic heterocycles. The van der Waals surface area contributed by atoms with Gasteiger partial charge in [0.05, 0.1) is 12.9 Å². The minimum absolute atomic E-state index is 0.0529. The lowest BCUT2D eigenvalue weighted by molar-refractivity contribution is -0.192. The number of likely N-dealkylation sites (tertiary alicyclic amines) is 1. The highest BCUT2D eigenvalue weighted by Crippen LogP contribution is 2.36. The number of rotatable bonds is 5. The van der Waals surface area contributed by atoms with Gasteiger partial charge in [-0.15, -0.1) is 0 Å². The number of aliphatic carboxylic acids is 1. The van der Waals surface area contributed by atoms with Crippen molar-refractivity contribution in [3.05, 3.63) is 59.9 Å². The summed E-state index contributed by atoms with van der Waals surface area (Å²) in [7, 11) is 0. The summed E-state index contributed by atoms with van der Waals surface area (Å²) in [5.74, 6) is -5.19. The molecule has 0 unspecified atom stereocenters. The quantitative estimate of drug-likeness (QED) is 0.509. The van der Waals surface area contributed by atoms with Crippen molar-refractivity contribution in [2.45, 2.75) is 24.6 Å². The van der Waals surface area contributed by atoms with Gasteiger partial charge in [-0.1, -0.05) is 18.2 Å². The molecule has 2 fully saturated rings. The molecule has 200 valence electrons. The van der Waals surface area contributed by atoms with E-state index in [0.717, 1.165) is 11.9 Å². The number of para-hydroxylation sites is 1. The largest absolute Gasteiger partial charge is 0.490 e. The highest BCUT2D eigenvalue weighted by Gasteiger charge is 2.50. The standard InChI is InChI=1S/C21H23F2N5O2.C2HF3O2/c22-15-12-17(23)18(25-13-15)19(29)24-8-11-27-9-6-21(7-10-27)20(30)26-14-28(21)16-4-2-1-3-5-16;3-2(4,5)1(6)7/h1-5,12-13H,6-11,14H2,(H,24,29)(H,26,30);(H,6,7). The number of halogens is 5. The van der Waals surface area contributed by atoms with E-state index in [-0.39, 0.29) is 5.91 Å². The zero-order valence-electron chi connectivity index (χ0n) is 19.4. The van der Waals surface area contributed by atoms with Gasteiger partial charge in [0.1, 0.15) is 11.4 Å². The second-order valence-electron chi connectivity index (χ2n) is 8.34. The summed E-state index contributed by atoms with van der Waals surface area (Å²) in [5, 5.41) is 12.7. The van der Waals surface area contributed by atoms with Gasteiger partial charge in [-0.3, -0.25) is 9.59 Å². The monoisotopic (exact) mass is 529 g/mol. The number of nitrogens with zero attached hydrogens (tertiary/aromatic N) is 3. The first-order valence-electron chi connectivity index (χ1n) is 11.2. The van der Waals surface area contributed by atoms with E-state index in [2.05, 4.69) is 25.4 Å². The molecule has 9 nitrogen and oxygen atoms in total. The molecule has 0 radical (unpaired) electrons. The third-order valence-electron chi connectivity index (χ3n) is 6.07. The van der Waals surface area contributed by atoms with E-state index in [1.54, 1.807) is 0 Å². The summed E-state index contributed by atoms with van der Waals surface area (Å²) in [6.07, 6.45) is -2.92. The van der Waals surface area contributed by atoms with Crippen molar-refractivity contribution < 1.29 is 41.4 Å². The predicted molar refractivity (Wildman–Crippen MR) is 121 cm³/mol. The van der Waals surface area contributed by atoms with E-state index in [4.69, 9.17) is 9.90 Å². The van der Waals surface area contributed by atoms with Crippen LogP contribution >= 0.6 is 0 Å². The Morgan fingerprint density at radius 3 is 2.32 bits per heavy atom. The molecule has 2 aliphatic rings. The van der Waals surface area contributed by atoms with Crippen molar-refractivity contribution in [3.63, 3.8) is 0 Å². The van der Waals surface area contributed by atoms with Crippen molar-refractivity contribution in [2.24, 2.45) is 0 Å². The van der Waals surface area contributed by atoms with Gasteiger partial charge in [0.2, 0.25) is 5.91 Å². The van der Waals surface area contributed by atoms with E-state index in [0.29, 0.717) is 51.8 Å². The zero-order chi connectivity index (χ0) is 27.2. The van der Waals surface area contributed by atoms with Gasteiger partial charge >= 0.3 is 12.1 Å². The third kappa shape index (κ3) is 6.70. The van der Waals surface area contributed by atoms with Crippen molar-refractivity contribution in [2.75, 3.05) is 37.7 Å². The van der Waals surface area contributed by atoms with Crippen LogP contribution in [0.2, 0.25) is 0 Å². The number of amides is 2. The fraction of sp³-hybridized carbons (Fsp3) is 0.391. The molecule has 0 bridgehead atoms. The molecule has 14 heteroatoms. The van der Waals surface area contributed by atoms with Crippen LogP contribution in [-0.2, 0) is 9.59 Å². The Hall–Kier alpha value is -3.81. The number of aromatic nitrogens is 1. The summed E-state index contributed by atoms with van der Waals surface area (Å²) < 4.78 is 58.3. The van der Waals surface area contributed by atoms with Crippen molar-refractivity contribution in [1.29, 1.82) is 0 Å². The molecular formula is C23H24F5N5O4. The average Bonchev–Trinajstić information content (AvgIpc) is 3.16. The van der Waals surface area contributed by atoms with Gasteiger partial charge in [0.15, 0.2) is 11.5 Å². The Bertz CT molecular complexity index is 1120. The number of benzene rings is 1. The second-order valence-corrected chi connectivity index (χ2v) is 8.34. The molecule has 2 aromatic rings. The van der Waals surface area contributed by atoms with E-state index >= 15 is 0 Å². The molecule has 1 aromatic carbocycles. The average molecular weight is 529 g/mol. The van der Waals surface area contributed by atoms with Crippen LogP contribution in [-0.4, -0.2) is 77.3 Å². The maximum absolute atomic E-state index is 13.6. The Morgan fingerprint density at radius 1 is 1.14 bits per heavy atom. The van der Waals surface area contributed by atoms with Crippen LogP contribution in [0.4, 0.5) is 27.6 Å². The number of carbonyl (C=O) groups excluding carboxylic acids is 2. The number of hydrogen-bond donors (Lipinski definition) is 3. The van der Waals surface area contributed by atoms with E-state index < -0.39 is 40.9 Å². The van der Waals surface area contributed by atoms with Gasteiger partial charge in [0, 0.05) is 37.9 Å². The van der Waals surface area contributed by atoms with Crippen LogP contribution in [0.5, 0.6) is 0 Å². The molecule has 37 heavy (non-hydrogen) atoms. The maximum atomic E-state index is 13.6. The molecule has 3 heterocycles. The van der Waals surface area contributed by atoms with Gasteiger partial charge < -0.3 is 25.5 Å². The first-order chi connectivity index (χ1) is 17.4. The Balaban J connectivity index is 0.000000479. The number of piperidine rings is 1.